The van der Waals surface area contributed by atoms with E-state index < -0.39 is 10.0 Å². The largest absolute Gasteiger partial charge is 0.384 e. The number of rotatable bonds is 3. The predicted octanol–water partition coefficient (Wildman–Crippen LogP) is 1.80. The molecule has 1 aromatic carbocycles. The summed E-state index contributed by atoms with van der Waals surface area (Å²) in [6, 6.07) is 10.2. The Bertz CT molecular complexity index is 681. The van der Waals surface area contributed by atoms with Crippen molar-refractivity contribution in [3.8, 4) is 0 Å². The van der Waals surface area contributed by atoms with E-state index in [-0.39, 0.29) is 10.7 Å². The first-order valence-electron chi connectivity index (χ1n) is 5.69. The number of aromatic nitrogens is 1. The number of para-hydroxylation sites is 1. The zero-order chi connectivity index (χ0) is 14.0. The van der Waals surface area contributed by atoms with Crippen LogP contribution in [0, 0.1) is 6.92 Å². The highest BCUT2D eigenvalue weighted by Gasteiger charge is 2.22. The van der Waals surface area contributed by atoms with Crippen LogP contribution in [0.4, 0.5) is 11.5 Å². The predicted molar refractivity (Wildman–Crippen MR) is 75.4 cm³/mol. The van der Waals surface area contributed by atoms with Crippen molar-refractivity contribution in [1.82, 2.24) is 4.98 Å². The molecule has 0 unspecified atom stereocenters. The van der Waals surface area contributed by atoms with Crippen LogP contribution in [-0.2, 0) is 10.0 Å². The van der Waals surface area contributed by atoms with E-state index in [4.69, 9.17) is 5.73 Å². The first kappa shape index (κ1) is 13.4. The van der Waals surface area contributed by atoms with Gasteiger partial charge in [-0.15, -0.1) is 0 Å². The van der Waals surface area contributed by atoms with Gasteiger partial charge in [-0.1, -0.05) is 18.2 Å². The van der Waals surface area contributed by atoms with Crippen molar-refractivity contribution in [1.29, 1.82) is 0 Å². The third-order valence-electron chi connectivity index (χ3n) is 2.87. The van der Waals surface area contributed by atoms with Gasteiger partial charge in [0.15, 0.2) is 0 Å². The quantitative estimate of drug-likeness (QED) is 0.928. The molecule has 0 fully saturated rings. The number of nitrogens with two attached hydrogens (primary N) is 1. The molecule has 0 saturated carbocycles. The van der Waals surface area contributed by atoms with Gasteiger partial charge in [-0.3, -0.25) is 4.31 Å². The number of pyridine rings is 1. The van der Waals surface area contributed by atoms with Crippen molar-refractivity contribution in [3.63, 3.8) is 0 Å². The number of anilines is 2. The topological polar surface area (TPSA) is 76.3 Å². The fraction of sp³-hybridized carbons (Fsp3) is 0.154. The molecule has 0 amide bonds. The van der Waals surface area contributed by atoms with E-state index >= 15 is 0 Å². The molecule has 0 bridgehead atoms. The van der Waals surface area contributed by atoms with E-state index in [0.717, 1.165) is 5.56 Å². The molecule has 19 heavy (non-hydrogen) atoms. The molecule has 0 aliphatic carbocycles. The minimum atomic E-state index is -3.62. The molecule has 0 aliphatic heterocycles. The van der Waals surface area contributed by atoms with Crippen LogP contribution in [0.1, 0.15) is 5.56 Å². The van der Waals surface area contributed by atoms with Gasteiger partial charge < -0.3 is 5.73 Å². The minimum Gasteiger partial charge on any atom is -0.384 e. The van der Waals surface area contributed by atoms with Crippen LogP contribution in [0.25, 0.3) is 0 Å². The van der Waals surface area contributed by atoms with Crippen molar-refractivity contribution in [3.05, 3.63) is 48.2 Å². The lowest BCUT2D eigenvalue weighted by Crippen LogP contribution is -2.27. The molecule has 100 valence electrons. The zero-order valence-electron chi connectivity index (χ0n) is 10.7. The Balaban J connectivity index is 2.45. The fourth-order valence-electron chi connectivity index (χ4n) is 1.75. The van der Waals surface area contributed by atoms with E-state index in [2.05, 4.69) is 4.98 Å². The van der Waals surface area contributed by atoms with Crippen LogP contribution >= 0.6 is 0 Å². The van der Waals surface area contributed by atoms with Gasteiger partial charge in [-0.05, 0) is 30.7 Å². The Morgan fingerprint density at radius 1 is 1.16 bits per heavy atom. The van der Waals surface area contributed by atoms with Crippen LogP contribution in [0.3, 0.4) is 0 Å². The monoisotopic (exact) mass is 277 g/mol. The second-order valence-corrected chi connectivity index (χ2v) is 6.15. The number of nitrogens with zero attached hydrogens (tertiary/aromatic N) is 2. The lowest BCUT2D eigenvalue weighted by atomic mass is 10.2. The van der Waals surface area contributed by atoms with E-state index in [1.807, 2.05) is 19.1 Å². The van der Waals surface area contributed by atoms with Gasteiger partial charge in [0.2, 0.25) is 0 Å². The first-order valence-corrected chi connectivity index (χ1v) is 7.13. The summed E-state index contributed by atoms with van der Waals surface area (Å²) in [5.74, 6) is 0.289. The van der Waals surface area contributed by atoms with Gasteiger partial charge >= 0.3 is 0 Å². The lowest BCUT2D eigenvalue weighted by molar-refractivity contribution is 0.594. The molecule has 0 radical (unpaired) electrons. The highest BCUT2D eigenvalue weighted by atomic mass is 32.2. The molecular weight excluding hydrogens is 262 g/mol. The molecule has 0 spiro atoms. The third kappa shape index (κ3) is 2.53. The molecule has 2 rings (SSSR count). The van der Waals surface area contributed by atoms with E-state index in [0.29, 0.717) is 5.69 Å². The highest BCUT2D eigenvalue weighted by Crippen LogP contribution is 2.24. The fourth-order valence-corrected chi connectivity index (χ4v) is 2.95. The Kier molecular flexibility index (Phi) is 3.44. The summed E-state index contributed by atoms with van der Waals surface area (Å²) >= 11 is 0. The van der Waals surface area contributed by atoms with Crippen molar-refractivity contribution in [2.24, 2.45) is 0 Å². The van der Waals surface area contributed by atoms with Gasteiger partial charge in [0.25, 0.3) is 10.0 Å². The van der Waals surface area contributed by atoms with Gasteiger partial charge in [0.1, 0.15) is 10.7 Å². The zero-order valence-corrected chi connectivity index (χ0v) is 11.6. The normalized spacial score (nSPS) is 11.3. The maximum atomic E-state index is 12.4. The summed E-state index contributed by atoms with van der Waals surface area (Å²) < 4.78 is 26.1. The summed E-state index contributed by atoms with van der Waals surface area (Å²) in [6.45, 7) is 1.86. The second-order valence-electron chi connectivity index (χ2n) is 4.18. The number of sulfonamides is 1. The summed E-state index contributed by atoms with van der Waals surface area (Å²) in [7, 11) is -2.09. The number of aryl methyl sites for hydroxylation is 1. The number of benzene rings is 1. The summed E-state index contributed by atoms with van der Waals surface area (Å²) in [4.78, 5) is 3.93. The maximum Gasteiger partial charge on any atom is 0.265 e. The van der Waals surface area contributed by atoms with Crippen LogP contribution in [0.15, 0.2) is 47.5 Å². The Labute approximate surface area is 112 Å². The maximum absolute atomic E-state index is 12.4. The molecule has 6 heteroatoms. The minimum absolute atomic E-state index is 0.118. The Morgan fingerprint density at radius 2 is 1.84 bits per heavy atom. The molecule has 1 heterocycles. The van der Waals surface area contributed by atoms with Crippen molar-refractivity contribution in [2.45, 2.75) is 11.8 Å². The standard InChI is InChI=1S/C13H15N3O2S/c1-10-5-3-4-6-12(10)16(2)19(17,18)11-7-8-13(14)15-9-11/h3-9H,1-2H3,(H2,14,15). The van der Waals surface area contributed by atoms with Gasteiger partial charge in [-0.2, -0.15) is 0 Å². The number of hydrogen-bond acceptors (Lipinski definition) is 4. The summed E-state index contributed by atoms with van der Waals surface area (Å²) in [5, 5.41) is 0. The molecule has 0 aliphatic rings. The van der Waals surface area contributed by atoms with Gasteiger partial charge in [-0.25, -0.2) is 13.4 Å². The van der Waals surface area contributed by atoms with Crippen molar-refractivity contribution < 1.29 is 8.42 Å². The molecule has 0 atom stereocenters. The molecule has 2 N–H and O–H groups in total. The number of nitrogen functional groups attached to an aromatic ring is 1. The second kappa shape index (κ2) is 4.89. The molecule has 1 aromatic heterocycles. The summed E-state index contributed by atoms with van der Waals surface area (Å²) in [6.07, 6.45) is 1.26. The van der Waals surface area contributed by atoms with E-state index in [1.165, 1.54) is 29.7 Å². The van der Waals surface area contributed by atoms with Crippen LogP contribution in [0.5, 0.6) is 0 Å². The molecule has 5 nitrogen and oxygen atoms in total. The van der Waals surface area contributed by atoms with Crippen molar-refractivity contribution >= 4 is 21.5 Å². The van der Waals surface area contributed by atoms with E-state index in [9.17, 15) is 8.42 Å². The van der Waals surface area contributed by atoms with Crippen LogP contribution < -0.4 is 10.0 Å². The van der Waals surface area contributed by atoms with Crippen LogP contribution in [0.2, 0.25) is 0 Å². The van der Waals surface area contributed by atoms with Gasteiger partial charge in [0, 0.05) is 13.2 Å². The Hall–Kier alpha value is -2.08. The highest BCUT2D eigenvalue weighted by molar-refractivity contribution is 7.92. The summed E-state index contributed by atoms with van der Waals surface area (Å²) in [5.41, 5.74) is 6.99. The SMILES string of the molecule is Cc1ccccc1N(C)S(=O)(=O)c1ccc(N)nc1. The average molecular weight is 277 g/mol. The van der Waals surface area contributed by atoms with Crippen LogP contribution in [-0.4, -0.2) is 20.4 Å². The van der Waals surface area contributed by atoms with E-state index in [1.54, 1.807) is 12.1 Å². The van der Waals surface area contributed by atoms with Crippen molar-refractivity contribution in [2.75, 3.05) is 17.1 Å². The number of hydrogen-bond donors (Lipinski definition) is 1. The molecular formula is C13H15N3O2S. The smallest absolute Gasteiger partial charge is 0.265 e. The Morgan fingerprint density at radius 3 is 2.42 bits per heavy atom. The average Bonchev–Trinajstić information content (AvgIpc) is 2.39. The third-order valence-corrected chi connectivity index (χ3v) is 4.63. The lowest BCUT2D eigenvalue weighted by Gasteiger charge is -2.21. The van der Waals surface area contributed by atoms with Gasteiger partial charge in [0.05, 0.1) is 5.69 Å². The first-order chi connectivity index (χ1) is 8.93. The molecule has 2 aromatic rings. The molecule has 0 saturated heterocycles.